The lowest BCUT2D eigenvalue weighted by Crippen LogP contribution is -2.17. The average molecular weight is 289 g/mol. The topological polar surface area (TPSA) is 57.2 Å². The summed E-state index contributed by atoms with van der Waals surface area (Å²) in [5.41, 5.74) is 7.49. The highest BCUT2D eigenvalue weighted by Crippen LogP contribution is 2.26. The largest absolute Gasteiger partial charge is 0.360 e. The Morgan fingerprint density at radius 2 is 1.77 bits per heavy atom. The van der Waals surface area contributed by atoms with E-state index in [0.29, 0.717) is 5.56 Å². The number of aryl methyl sites for hydroxylation is 1. The van der Waals surface area contributed by atoms with Gasteiger partial charge in [-0.1, -0.05) is 36.4 Å². The Labute approximate surface area is 127 Å². The number of hydrogen-bond donors (Lipinski definition) is 2. The van der Waals surface area contributed by atoms with Gasteiger partial charge in [0.15, 0.2) is 0 Å². The van der Waals surface area contributed by atoms with Gasteiger partial charge in [-0.05, 0) is 30.5 Å². The molecule has 1 amide bonds. The summed E-state index contributed by atoms with van der Waals surface area (Å²) >= 11 is 0. The molecule has 2 N–H and O–H groups in total. The number of nitrogens with zero attached hydrogens (tertiary/aromatic N) is 1. The molecular weight excluding hydrogens is 274 g/mol. The summed E-state index contributed by atoms with van der Waals surface area (Å²) in [5.74, 6) is -0.152. The lowest BCUT2D eigenvalue weighted by molar-refractivity contribution is 0.0957. The van der Waals surface area contributed by atoms with Crippen molar-refractivity contribution in [3.8, 4) is 0 Å². The monoisotopic (exact) mass is 289 g/mol. The van der Waals surface area contributed by atoms with Crippen molar-refractivity contribution in [1.29, 1.82) is 0 Å². The maximum Gasteiger partial charge on any atom is 0.272 e. The molecule has 1 aromatic heterocycles. The molecule has 4 heteroatoms. The second-order valence-corrected chi connectivity index (χ2v) is 5.42. The minimum atomic E-state index is -0.152. The highest BCUT2D eigenvalue weighted by Gasteiger charge is 2.20. The van der Waals surface area contributed by atoms with Crippen LogP contribution in [-0.2, 0) is 6.42 Å². The van der Waals surface area contributed by atoms with Crippen molar-refractivity contribution in [2.24, 2.45) is 5.10 Å². The van der Waals surface area contributed by atoms with Crippen molar-refractivity contribution in [3.05, 3.63) is 71.4 Å². The molecule has 0 aliphatic carbocycles. The van der Waals surface area contributed by atoms with E-state index in [4.69, 9.17) is 0 Å². The number of H-pyrrole nitrogens is 1. The van der Waals surface area contributed by atoms with E-state index in [1.54, 1.807) is 0 Å². The van der Waals surface area contributed by atoms with Crippen LogP contribution in [-0.4, -0.2) is 16.6 Å². The molecule has 2 aromatic carbocycles. The molecule has 0 spiro atoms. The summed E-state index contributed by atoms with van der Waals surface area (Å²) in [6.45, 7) is 0. The zero-order chi connectivity index (χ0) is 14.9. The first-order valence-electron chi connectivity index (χ1n) is 7.34. The number of rotatable bonds is 3. The van der Waals surface area contributed by atoms with Crippen molar-refractivity contribution in [2.75, 3.05) is 0 Å². The summed E-state index contributed by atoms with van der Waals surface area (Å²) < 4.78 is 0. The van der Waals surface area contributed by atoms with E-state index >= 15 is 0 Å². The standard InChI is InChI=1S/C18H15N3O/c22-18-13-7-4-8-16-17(13)14(11-19-16)15(20-21-18)10-9-12-5-2-1-3-6-12/h1-8,11,19H,9-10H2,(H,21,22). The van der Waals surface area contributed by atoms with Gasteiger partial charge in [0.1, 0.15) is 0 Å². The average Bonchev–Trinajstić information content (AvgIpc) is 2.93. The molecule has 0 saturated heterocycles. The Balaban J connectivity index is 1.72. The Bertz CT molecular complexity index is 878. The summed E-state index contributed by atoms with van der Waals surface area (Å²) in [7, 11) is 0. The highest BCUT2D eigenvalue weighted by atomic mass is 16.2. The smallest absolute Gasteiger partial charge is 0.272 e. The minimum Gasteiger partial charge on any atom is -0.360 e. The molecule has 3 aromatic rings. The van der Waals surface area contributed by atoms with E-state index in [1.807, 2.05) is 42.6 Å². The SMILES string of the molecule is O=C1NN=C(CCc2ccccc2)c2c[nH]c3cccc1c23. The molecule has 2 heterocycles. The molecule has 1 aliphatic rings. The number of nitrogens with one attached hydrogen (secondary N) is 2. The minimum absolute atomic E-state index is 0.152. The van der Waals surface area contributed by atoms with Crippen LogP contribution in [0.2, 0.25) is 0 Å². The first kappa shape index (κ1) is 12.8. The number of carbonyl (C=O) groups excluding carboxylic acids is 1. The lowest BCUT2D eigenvalue weighted by Gasteiger charge is -2.04. The maximum absolute atomic E-state index is 12.2. The molecule has 4 rings (SSSR count). The second-order valence-electron chi connectivity index (χ2n) is 5.42. The van der Waals surface area contributed by atoms with E-state index in [9.17, 15) is 4.79 Å². The van der Waals surface area contributed by atoms with Crippen LogP contribution in [0.3, 0.4) is 0 Å². The molecule has 0 atom stereocenters. The third-order valence-corrected chi connectivity index (χ3v) is 4.05. The van der Waals surface area contributed by atoms with Crippen LogP contribution >= 0.6 is 0 Å². The van der Waals surface area contributed by atoms with Gasteiger partial charge in [0.05, 0.1) is 11.3 Å². The van der Waals surface area contributed by atoms with E-state index < -0.39 is 0 Å². The third kappa shape index (κ3) is 2.09. The van der Waals surface area contributed by atoms with Crippen molar-refractivity contribution in [1.82, 2.24) is 10.4 Å². The number of benzene rings is 2. The zero-order valence-corrected chi connectivity index (χ0v) is 12.0. The first-order chi connectivity index (χ1) is 10.8. The van der Waals surface area contributed by atoms with Gasteiger partial charge in [0.2, 0.25) is 0 Å². The summed E-state index contributed by atoms with van der Waals surface area (Å²) in [6.07, 6.45) is 3.62. The van der Waals surface area contributed by atoms with Gasteiger partial charge >= 0.3 is 0 Å². The van der Waals surface area contributed by atoms with Crippen molar-refractivity contribution < 1.29 is 4.79 Å². The molecule has 0 saturated carbocycles. The number of carbonyl (C=O) groups is 1. The van der Waals surface area contributed by atoms with Crippen LogP contribution in [0.1, 0.15) is 27.9 Å². The number of hydrogen-bond acceptors (Lipinski definition) is 2. The molecule has 1 aliphatic heterocycles. The molecular formula is C18H15N3O. The summed E-state index contributed by atoms with van der Waals surface area (Å²) in [6, 6.07) is 16.0. The van der Waals surface area contributed by atoms with Gasteiger partial charge < -0.3 is 4.98 Å². The van der Waals surface area contributed by atoms with Crippen LogP contribution in [0.25, 0.3) is 10.9 Å². The van der Waals surface area contributed by atoms with Gasteiger partial charge in [0.25, 0.3) is 5.91 Å². The molecule has 0 radical (unpaired) electrons. The van der Waals surface area contributed by atoms with E-state index in [2.05, 4.69) is 27.6 Å². The molecule has 0 unspecified atom stereocenters. The Hall–Kier alpha value is -2.88. The summed E-state index contributed by atoms with van der Waals surface area (Å²) in [4.78, 5) is 15.4. The summed E-state index contributed by atoms with van der Waals surface area (Å²) in [5, 5.41) is 5.29. The Kier molecular flexibility index (Phi) is 3.00. The number of aromatic nitrogens is 1. The molecule has 0 bridgehead atoms. The number of hydrazone groups is 1. The highest BCUT2D eigenvalue weighted by molar-refractivity contribution is 6.19. The number of aromatic amines is 1. The predicted octanol–water partition coefficient (Wildman–Crippen LogP) is 3.25. The van der Waals surface area contributed by atoms with Crippen LogP contribution in [0.15, 0.2) is 59.8 Å². The van der Waals surface area contributed by atoms with Crippen molar-refractivity contribution in [3.63, 3.8) is 0 Å². The first-order valence-corrected chi connectivity index (χ1v) is 7.34. The van der Waals surface area contributed by atoms with Crippen LogP contribution < -0.4 is 5.43 Å². The number of amides is 1. The van der Waals surface area contributed by atoms with Gasteiger partial charge in [-0.3, -0.25) is 4.79 Å². The van der Waals surface area contributed by atoms with Gasteiger partial charge in [-0.15, -0.1) is 0 Å². The molecule has 0 fully saturated rings. The van der Waals surface area contributed by atoms with Crippen LogP contribution in [0.4, 0.5) is 0 Å². The fourth-order valence-corrected chi connectivity index (χ4v) is 2.94. The second kappa shape index (κ2) is 5.15. The Morgan fingerprint density at radius 3 is 2.64 bits per heavy atom. The van der Waals surface area contributed by atoms with Gasteiger partial charge in [-0.25, -0.2) is 5.43 Å². The van der Waals surface area contributed by atoms with E-state index in [0.717, 1.165) is 35.0 Å². The van der Waals surface area contributed by atoms with Gasteiger partial charge in [0, 0.05) is 22.7 Å². The normalized spacial score (nSPS) is 13.6. The fraction of sp³-hybridized carbons (Fsp3) is 0.111. The van der Waals surface area contributed by atoms with Crippen molar-refractivity contribution in [2.45, 2.75) is 12.8 Å². The lowest BCUT2D eigenvalue weighted by atomic mass is 9.99. The quantitative estimate of drug-likeness (QED) is 0.764. The molecule has 22 heavy (non-hydrogen) atoms. The van der Waals surface area contributed by atoms with Crippen LogP contribution in [0, 0.1) is 0 Å². The maximum atomic E-state index is 12.2. The third-order valence-electron chi connectivity index (χ3n) is 4.05. The van der Waals surface area contributed by atoms with Crippen LogP contribution in [0.5, 0.6) is 0 Å². The van der Waals surface area contributed by atoms with Crippen molar-refractivity contribution >= 4 is 22.5 Å². The predicted molar refractivity (Wildman–Crippen MR) is 87.1 cm³/mol. The Morgan fingerprint density at radius 1 is 0.909 bits per heavy atom. The van der Waals surface area contributed by atoms with Gasteiger partial charge in [-0.2, -0.15) is 5.10 Å². The van der Waals surface area contributed by atoms with E-state index in [-0.39, 0.29) is 5.91 Å². The zero-order valence-electron chi connectivity index (χ0n) is 12.0. The van der Waals surface area contributed by atoms with E-state index in [1.165, 1.54) is 5.56 Å². The fourth-order valence-electron chi connectivity index (χ4n) is 2.94. The molecule has 4 nitrogen and oxygen atoms in total. The molecule has 108 valence electrons.